The predicted molar refractivity (Wildman–Crippen MR) is 106 cm³/mol. The van der Waals surface area contributed by atoms with Gasteiger partial charge in [-0.05, 0) is 42.5 Å². The highest BCUT2D eigenvalue weighted by Crippen LogP contribution is 2.23. The first-order valence-corrected chi connectivity index (χ1v) is 9.72. The Morgan fingerprint density at radius 1 is 1.15 bits per heavy atom. The summed E-state index contributed by atoms with van der Waals surface area (Å²) in [6.45, 7) is 2.93. The molecule has 146 valence electrons. The number of amides is 2. The molecule has 0 atom stereocenters. The van der Waals surface area contributed by atoms with E-state index in [1.807, 2.05) is 36.6 Å². The SMILES string of the molecule is CCN(CC(=O)NCc1cccs1)C(=O)CCc1cc(OC)cc(OC)c1. The molecule has 1 N–H and O–H groups in total. The fourth-order valence-electron chi connectivity index (χ4n) is 2.62. The van der Waals surface area contributed by atoms with Gasteiger partial charge in [-0.15, -0.1) is 11.3 Å². The third-order valence-electron chi connectivity index (χ3n) is 4.15. The maximum Gasteiger partial charge on any atom is 0.239 e. The highest BCUT2D eigenvalue weighted by atomic mass is 32.1. The Morgan fingerprint density at radius 2 is 1.85 bits per heavy atom. The topological polar surface area (TPSA) is 67.9 Å². The van der Waals surface area contributed by atoms with Crippen molar-refractivity contribution in [3.8, 4) is 11.5 Å². The summed E-state index contributed by atoms with van der Waals surface area (Å²) in [5.41, 5.74) is 0.956. The molecule has 1 aromatic carbocycles. The van der Waals surface area contributed by atoms with Gasteiger partial charge in [-0.3, -0.25) is 9.59 Å². The lowest BCUT2D eigenvalue weighted by atomic mass is 10.1. The van der Waals surface area contributed by atoms with Crippen molar-refractivity contribution < 1.29 is 19.1 Å². The number of nitrogens with one attached hydrogen (secondary N) is 1. The van der Waals surface area contributed by atoms with Crippen LogP contribution in [0, 0.1) is 0 Å². The number of ether oxygens (including phenoxy) is 2. The van der Waals surface area contributed by atoms with E-state index in [4.69, 9.17) is 9.47 Å². The van der Waals surface area contributed by atoms with Crippen LogP contribution in [-0.2, 0) is 22.6 Å². The number of carbonyl (C=O) groups excluding carboxylic acids is 2. The molecule has 0 saturated heterocycles. The van der Waals surface area contributed by atoms with Gasteiger partial charge in [-0.1, -0.05) is 6.07 Å². The predicted octanol–water partition coefficient (Wildman–Crippen LogP) is 2.86. The summed E-state index contributed by atoms with van der Waals surface area (Å²) in [6.07, 6.45) is 0.877. The summed E-state index contributed by atoms with van der Waals surface area (Å²) >= 11 is 1.59. The molecule has 0 aliphatic rings. The average molecular weight is 391 g/mol. The summed E-state index contributed by atoms with van der Waals surface area (Å²) in [6, 6.07) is 9.49. The van der Waals surface area contributed by atoms with Crippen molar-refractivity contribution in [1.29, 1.82) is 0 Å². The first kappa shape index (κ1) is 20.8. The van der Waals surface area contributed by atoms with Crippen LogP contribution in [0.1, 0.15) is 23.8 Å². The van der Waals surface area contributed by atoms with E-state index in [-0.39, 0.29) is 18.4 Å². The van der Waals surface area contributed by atoms with Crippen molar-refractivity contribution in [3.05, 3.63) is 46.2 Å². The molecule has 6 nitrogen and oxygen atoms in total. The molecule has 7 heteroatoms. The van der Waals surface area contributed by atoms with Gasteiger partial charge >= 0.3 is 0 Å². The number of likely N-dealkylation sites (N-methyl/N-ethyl adjacent to an activating group) is 1. The minimum absolute atomic E-state index is 0.0504. The number of methoxy groups -OCH3 is 2. The molecule has 27 heavy (non-hydrogen) atoms. The molecule has 2 rings (SSSR count). The van der Waals surface area contributed by atoms with E-state index in [1.165, 1.54) is 0 Å². The van der Waals surface area contributed by atoms with Crippen molar-refractivity contribution in [2.75, 3.05) is 27.3 Å². The fourth-order valence-corrected chi connectivity index (χ4v) is 3.27. The normalized spacial score (nSPS) is 10.3. The monoisotopic (exact) mass is 390 g/mol. The van der Waals surface area contributed by atoms with Gasteiger partial charge in [-0.2, -0.15) is 0 Å². The molecular weight excluding hydrogens is 364 g/mol. The average Bonchev–Trinajstić information content (AvgIpc) is 3.21. The van der Waals surface area contributed by atoms with Crippen molar-refractivity contribution in [1.82, 2.24) is 10.2 Å². The lowest BCUT2D eigenvalue weighted by Crippen LogP contribution is -2.40. The molecule has 1 aromatic heterocycles. The lowest BCUT2D eigenvalue weighted by Gasteiger charge is -2.20. The summed E-state index contributed by atoms with van der Waals surface area (Å²) < 4.78 is 10.5. The second-order valence-corrected chi connectivity index (χ2v) is 7.02. The van der Waals surface area contributed by atoms with Crippen LogP contribution in [0.2, 0.25) is 0 Å². The molecule has 0 aliphatic heterocycles. The van der Waals surface area contributed by atoms with E-state index < -0.39 is 0 Å². The molecule has 2 amide bonds. The molecule has 2 aromatic rings. The van der Waals surface area contributed by atoms with Gasteiger partial charge in [0.05, 0.1) is 27.3 Å². The number of carbonyl (C=O) groups is 2. The third kappa shape index (κ3) is 6.60. The maximum atomic E-state index is 12.5. The second-order valence-electron chi connectivity index (χ2n) is 5.98. The summed E-state index contributed by atoms with van der Waals surface area (Å²) in [5.74, 6) is 1.18. The highest BCUT2D eigenvalue weighted by molar-refractivity contribution is 7.09. The zero-order chi connectivity index (χ0) is 19.6. The Labute approximate surface area is 164 Å². The van der Waals surface area contributed by atoms with Crippen molar-refractivity contribution in [3.63, 3.8) is 0 Å². The molecule has 0 radical (unpaired) electrons. The Balaban J connectivity index is 1.86. The Morgan fingerprint density at radius 3 is 2.41 bits per heavy atom. The van der Waals surface area contributed by atoms with Gasteiger partial charge in [0, 0.05) is 23.9 Å². The summed E-state index contributed by atoms with van der Waals surface area (Å²) in [7, 11) is 3.19. The Kier molecular flexibility index (Phi) is 8.13. The van der Waals surface area contributed by atoms with E-state index in [1.54, 1.807) is 36.5 Å². The van der Waals surface area contributed by atoms with Crippen LogP contribution in [0.4, 0.5) is 0 Å². The fraction of sp³-hybridized carbons (Fsp3) is 0.400. The first-order chi connectivity index (χ1) is 13.0. The smallest absolute Gasteiger partial charge is 0.239 e. The van der Waals surface area contributed by atoms with E-state index in [0.29, 0.717) is 37.4 Å². The molecule has 0 saturated carbocycles. The highest BCUT2D eigenvalue weighted by Gasteiger charge is 2.16. The van der Waals surface area contributed by atoms with Gasteiger partial charge in [0.25, 0.3) is 0 Å². The third-order valence-corrected chi connectivity index (χ3v) is 5.02. The largest absolute Gasteiger partial charge is 0.497 e. The van der Waals surface area contributed by atoms with Crippen LogP contribution < -0.4 is 14.8 Å². The number of thiophene rings is 1. The van der Waals surface area contributed by atoms with E-state index in [9.17, 15) is 9.59 Å². The molecule has 0 fully saturated rings. The van der Waals surface area contributed by atoms with Crippen LogP contribution in [0.5, 0.6) is 11.5 Å². The molecule has 0 bridgehead atoms. The zero-order valence-corrected chi connectivity index (χ0v) is 16.8. The van der Waals surface area contributed by atoms with Crippen LogP contribution in [0.3, 0.4) is 0 Å². The van der Waals surface area contributed by atoms with Crippen LogP contribution in [-0.4, -0.2) is 44.0 Å². The number of nitrogens with zero attached hydrogens (tertiary/aromatic N) is 1. The van der Waals surface area contributed by atoms with E-state index >= 15 is 0 Å². The molecule has 1 heterocycles. The molecule has 0 unspecified atom stereocenters. The molecule has 0 spiro atoms. The minimum atomic E-state index is -0.151. The Hall–Kier alpha value is -2.54. The number of hydrogen-bond donors (Lipinski definition) is 1. The standard InChI is InChI=1S/C20H26N2O4S/c1-4-22(14-19(23)21-13-18-6-5-9-27-18)20(24)8-7-15-10-16(25-2)12-17(11-15)26-3/h5-6,9-12H,4,7-8,13-14H2,1-3H3,(H,21,23). The van der Waals surface area contributed by atoms with Crippen molar-refractivity contribution >= 4 is 23.2 Å². The van der Waals surface area contributed by atoms with E-state index in [0.717, 1.165) is 10.4 Å². The maximum absolute atomic E-state index is 12.5. The first-order valence-electron chi connectivity index (χ1n) is 8.84. The lowest BCUT2D eigenvalue weighted by molar-refractivity contribution is -0.135. The second kappa shape index (κ2) is 10.6. The van der Waals surface area contributed by atoms with Crippen molar-refractivity contribution in [2.24, 2.45) is 0 Å². The summed E-state index contributed by atoms with van der Waals surface area (Å²) in [4.78, 5) is 27.3. The van der Waals surface area contributed by atoms with Crippen LogP contribution in [0.15, 0.2) is 35.7 Å². The van der Waals surface area contributed by atoms with Gasteiger partial charge < -0.3 is 19.7 Å². The van der Waals surface area contributed by atoms with Gasteiger partial charge in [0.2, 0.25) is 11.8 Å². The number of aryl methyl sites for hydroxylation is 1. The van der Waals surface area contributed by atoms with Crippen molar-refractivity contribution in [2.45, 2.75) is 26.3 Å². The number of rotatable bonds is 10. The number of hydrogen-bond acceptors (Lipinski definition) is 5. The van der Waals surface area contributed by atoms with Crippen LogP contribution >= 0.6 is 11.3 Å². The minimum Gasteiger partial charge on any atom is -0.497 e. The quantitative estimate of drug-likeness (QED) is 0.677. The van der Waals surface area contributed by atoms with E-state index in [2.05, 4.69) is 5.32 Å². The van der Waals surface area contributed by atoms with Crippen LogP contribution in [0.25, 0.3) is 0 Å². The zero-order valence-electron chi connectivity index (χ0n) is 16.0. The van der Waals surface area contributed by atoms with Gasteiger partial charge in [0.1, 0.15) is 11.5 Å². The summed E-state index contributed by atoms with van der Waals surface area (Å²) in [5, 5.41) is 4.82. The molecular formula is C20H26N2O4S. The number of benzene rings is 1. The Bertz CT molecular complexity index is 724. The van der Waals surface area contributed by atoms with Gasteiger partial charge in [0.15, 0.2) is 0 Å². The van der Waals surface area contributed by atoms with Gasteiger partial charge in [-0.25, -0.2) is 0 Å². The molecule has 0 aliphatic carbocycles.